The highest BCUT2D eigenvalue weighted by molar-refractivity contribution is 7.90. The van der Waals surface area contributed by atoms with E-state index in [0.717, 1.165) is 21.7 Å². The molecule has 0 saturated carbocycles. The summed E-state index contributed by atoms with van der Waals surface area (Å²) in [4.78, 5) is 16.8. The molecule has 0 aliphatic carbocycles. The molecule has 1 N–H and O–H groups in total. The van der Waals surface area contributed by atoms with Gasteiger partial charge in [0.15, 0.2) is 11.5 Å². The first-order valence-corrected chi connectivity index (χ1v) is 12.1. The Hall–Kier alpha value is -3.82. The quantitative estimate of drug-likeness (QED) is 0.478. The molecule has 198 valence electrons. The summed E-state index contributed by atoms with van der Waals surface area (Å²) in [6.07, 6.45) is 1.63. The minimum Gasteiger partial charge on any atom is -0.347 e. The average Bonchev–Trinajstić information content (AvgIpc) is 3.21. The van der Waals surface area contributed by atoms with Crippen LogP contribution in [0.2, 0.25) is 0 Å². The predicted molar refractivity (Wildman–Crippen MR) is 120 cm³/mol. The number of hydrazone groups is 1. The summed E-state index contributed by atoms with van der Waals surface area (Å²) in [5, 5.41) is 7.13. The number of carbonyl (C=O) groups is 1. The predicted octanol–water partition coefficient (Wildman–Crippen LogP) is 3.16. The molecule has 0 spiro atoms. The molecular formula is C21H18F6N6O3S. The average molecular weight is 548 g/mol. The Morgan fingerprint density at radius 2 is 1.84 bits per heavy atom. The molecular weight excluding hydrogens is 530 g/mol. The van der Waals surface area contributed by atoms with Gasteiger partial charge >= 0.3 is 15.5 Å². The number of halogens is 6. The molecule has 16 heteroatoms. The summed E-state index contributed by atoms with van der Waals surface area (Å²) in [6, 6.07) is 4.38. The van der Waals surface area contributed by atoms with Crippen molar-refractivity contribution < 1.29 is 39.6 Å². The van der Waals surface area contributed by atoms with Gasteiger partial charge in [-0.1, -0.05) is 13.0 Å². The van der Waals surface area contributed by atoms with Gasteiger partial charge in [0.1, 0.15) is 23.7 Å². The summed E-state index contributed by atoms with van der Waals surface area (Å²) in [5.41, 5.74) is -5.40. The SMILES string of the molecule is CCc1nc2c(F)cc(F)cn2c1C(=O)NCc1ccc(N2CCN(S(=O)(=O)C(F)(F)F)C=N2)c(F)c1. The Balaban J connectivity index is 1.48. The molecule has 0 bridgehead atoms. The van der Waals surface area contributed by atoms with E-state index >= 15 is 0 Å². The van der Waals surface area contributed by atoms with Crippen LogP contribution in [0.4, 0.5) is 32.0 Å². The first kappa shape index (κ1) is 26.2. The van der Waals surface area contributed by atoms with E-state index in [1.165, 1.54) is 12.1 Å². The first-order chi connectivity index (χ1) is 17.3. The van der Waals surface area contributed by atoms with Crippen molar-refractivity contribution in [3.8, 4) is 0 Å². The Bertz CT molecular complexity index is 1500. The van der Waals surface area contributed by atoms with Crippen LogP contribution in [0, 0.1) is 17.5 Å². The zero-order chi connectivity index (χ0) is 27.1. The van der Waals surface area contributed by atoms with E-state index in [1.54, 1.807) is 6.92 Å². The number of rotatable bonds is 6. The molecule has 1 amide bonds. The lowest BCUT2D eigenvalue weighted by atomic mass is 10.1. The third-order valence-corrected chi connectivity index (χ3v) is 6.94. The number of aryl methyl sites for hydroxylation is 1. The molecule has 0 saturated heterocycles. The van der Waals surface area contributed by atoms with Crippen LogP contribution in [0.3, 0.4) is 0 Å². The number of fused-ring (bicyclic) bond motifs is 1. The maximum atomic E-state index is 14.7. The number of sulfonamides is 1. The number of benzene rings is 1. The number of hydrogen-bond donors (Lipinski definition) is 1. The second-order valence-electron chi connectivity index (χ2n) is 7.84. The van der Waals surface area contributed by atoms with Gasteiger partial charge in [0.2, 0.25) is 0 Å². The number of anilines is 1. The summed E-state index contributed by atoms with van der Waals surface area (Å²) in [6.45, 7) is 0.551. The van der Waals surface area contributed by atoms with Gasteiger partial charge in [0.05, 0.1) is 24.5 Å². The van der Waals surface area contributed by atoms with Crippen LogP contribution in [-0.2, 0) is 23.0 Å². The van der Waals surface area contributed by atoms with E-state index in [2.05, 4.69) is 15.4 Å². The van der Waals surface area contributed by atoms with E-state index in [4.69, 9.17) is 0 Å². The standard InChI is InChI=1S/C21H18F6N6O3S/c1-2-16-18(32-10-13(22)8-15(24)19(32)30-16)20(34)28-9-12-3-4-17(14(23)7-12)33-6-5-31(11-29-33)37(35,36)21(25,26)27/h3-4,7-8,10-11H,2,5-6,9H2,1H3,(H,28,34). The summed E-state index contributed by atoms with van der Waals surface area (Å²) in [5.74, 6) is -3.38. The van der Waals surface area contributed by atoms with Crippen molar-refractivity contribution in [3.63, 3.8) is 0 Å². The molecule has 1 aliphatic rings. The van der Waals surface area contributed by atoms with E-state index in [-0.39, 0.29) is 46.5 Å². The second-order valence-corrected chi connectivity index (χ2v) is 9.73. The van der Waals surface area contributed by atoms with Gasteiger partial charge in [-0.25, -0.2) is 22.5 Å². The van der Waals surface area contributed by atoms with Crippen LogP contribution in [0.1, 0.15) is 28.7 Å². The minimum absolute atomic E-state index is 0.0216. The van der Waals surface area contributed by atoms with Crippen molar-refractivity contribution in [2.45, 2.75) is 25.4 Å². The summed E-state index contributed by atoms with van der Waals surface area (Å²) in [7, 11) is -5.60. The molecule has 0 fully saturated rings. The van der Waals surface area contributed by atoms with Crippen LogP contribution in [-0.4, -0.2) is 53.0 Å². The largest absolute Gasteiger partial charge is 0.516 e. The Labute approximate surface area is 206 Å². The number of amides is 1. The number of hydrogen-bond acceptors (Lipinski definition) is 6. The smallest absolute Gasteiger partial charge is 0.347 e. The lowest BCUT2D eigenvalue weighted by Gasteiger charge is -2.29. The maximum Gasteiger partial charge on any atom is 0.516 e. The molecule has 0 unspecified atom stereocenters. The molecule has 3 aromatic rings. The Kier molecular flexibility index (Phi) is 6.79. The molecule has 1 aromatic carbocycles. The van der Waals surface area contributed by atoms with Crippen LogP contribution in [0.5, 0.6) is 0 Å². The third kappa shape index (κ3) is 4.92. The molecule has 3 heterocycles. The summed E-state index contributed by atoms with van der Waals surface area (Å²) < 4.78 is 105. The lowest BCUT2D eigenvalue weighted by Crippen LogP contribution is -2.46. The van der Waals surface area contributed by atoms with Gasteiger partial charge in [-0.15, -0.1) is 0 Å². The van der Waals surface area contributed by atoms with Crippen LogP contribution in [0.15, 0.2) is 35.6 Å². The van der Waals surface area contributed by atoms with Gasteiger partial charge in [0, 0.05) is 18.8 Å². The van der Waals surface area contributed by atoms with Gasteiger partial charge in [-0.05, 0) is 24.1 Å². The fourth-order valence-corrected chi connectivity index (χ4v) is 4.42. The molecule has 0 atom stereocenters. The molecule has 0 radical (unpaired) electrons. The Morgan fingerprint density at radius 3 is 2.43 bits per heavy atom. The van der Waals surface area contributed by atoms with Gasteiger partial charge in [-0.2, -0.15) is 26.7 Å². The number of carbonyl (C=O) groups excluding carboxylic acids is 1. The van der Waals surface area contributed by atoms with Crippen LogP contribution < -0.4 is 10.3 Å². The normalized spacial score (nSPS) is 14.5. The number of nitrogens with one attached hydrogen (secondary N) is 1. The molecule has 9 nitrogen and oxygen atoms in total. The van der Waals surface area contributed by atoms with Crippen molar-refractivity contribution >= 4 is 33.6 Å². The number of pyridine rings is 1. The van der Waals surface area contributed by atoms with E-state index in [0.29, 0.717) is 18.0 Å². The van der Waals surface area contributed by atoms with Crippen molar-refractivity contribution in [2.24, 2.45) is 5.10 Å². The monoisotopic (exact) mass is 548 g/mol. The Morgan fingerprint density at radius 1 is 1.11 bits per heavy atom. The maximum absolute atomic E-state index is 14.7. The van der Waals surface area contributed by atoms with Crippen molar-refractivity contribution in [3.05, 3.63) is 64.9 Å². The van der Waals surface area contributed by atoms with Crippen molar-refractivity contribution in [1.29, 1.82) is 0 Å². The highest BCUT2D eigenvalue weighted by atomic mass is 32.2. The zero-order valence-corrected chi connectivity index (χ0v) is 19.7. The van der Waals surface area contributed by atoms with Crippen molar-refractivity contribution in [1.82, 2.24) is 19.0 Å². The topological polar surface area (TPSA) is 99.4 Å². The molecule has 1 aliphatic heterocycles. The van der Waals surface area contributed by atoms with Crippen molar-refractivity contribution in [2.75, 3.05) is 18.1 Å². The molecule has 37 heavy (non-hydrogen) atoms. The van der Waals surface area contributed by atoms with E-state index in [1.807, 2.05) is 0 Å². The molecule has 4 rings (SSSR count). The lowest BCUT2D eigenvalue weighted by molar-refractivity contribution is -0.0471. The van der Waals surface area contributed by atoms with Gasteiger partial charge in [-0.3, -0.25) is 14.2 Å². The van der Waals surface area contributed by atoms with Crippen LogP contribution in [0.25, 0.3) is 5.65 Å². The van der Waals surface area contributed by atoms with E-state index < -0.39 is 45.4 Å². The van der Waals surface area contributed by atoms with E-state index in [9.17, 15) is 39.6 Å². The van der Waals surface area contributed by atoms with Gasteiger partial charge in [0.25, 0.3) is 5.91 Å². The number of imidazole rings is 1. The fraction of sp³-hybridized carbons (Fsp3) is 0.286. The number of nitrogens with zero attached hydrogens (tertiary/aromatic N) is 5. The number of alkyl halides is 3. The van der Waals surface area contributed by atoms with Gasteiger partial charge < -0.3 is 5.32 Å². The highest BCUT2D eigenvalue weighted by Gasteiger charge is 2.50. The highest BCUT2D eigenvalue weighted by Crippen LogP contribution is 2.28. The van der Waals surface area contributed by atoms with Crippen LogP contribution >= 0.6 is 0 Å². The zero-order valence-electron chi connectivity index (χ0n) is 18.9. The summed E-state index contributed by atoms with van der Waals surface area (Å²) >= 11 is 0. The second kappa shape index (κ2) is 9.57. The third-order valence-electron chi connectivity index (χ3n) is 5.46. The number of aromatic nitrogens is 2. The molecule has 2 aromatic heterocycles. The minimum atomic E-state index is -5.60. The fourth-order valence-electron chi connectivity index (χ4n) is 3.67. The first-order valence-electron chi connectivity index (χ1n) is 10.7.